The van der Waals surface area contributed by atoms with Crippen LogP contribution in [0.15, 0.2) is 10.2 Å². The number of methoxy groups -OCH3 is 1. The van der Waals surface area contributed by atoms with Crippen molar-refractivity contribution in [1.82, 2.24) is 5.32 Å². The van der Waals surface area contributed by atoms with Gasteiger partial charge in [-0.2, -0.15) is 10.2 Å². The minimum absolute atomic E-state index is 0.235. The molecule has 0 aliphatic heterocycles. The van der Waals surface area contributed by atoms with Gasteiger partial charge in [0.1, 0.15) is 0 Å². The summed E-state index contributed by atoms with van der Waals surface area (Å²) in [5.74, 6) is 0. The Balaban J connectivity index is 4.71. The number of ether oxygens (including phenoxy) is 1. The van der Waals surface area contributed by atoms with Crippen molar-refractivity contribution in [3.63, 3.8) is 0 Å². The molecule has 17 heavy (non-hydrogen) atoms. The molecule has 0 fully saturated rings. The zero-order chi connectivity index (χ0) is 13.5. The van der Waals surface area contributed by atoms with Crippen LogP contribution in [0.2, 0.25) is 0 Å². The fourth-order valence-corrected chi connectivity index (χ4v) is 1.30. The summed E-state index contributed by atoms with van der Waals surface area (Å²) in [4.78, 5) is 0. The molecule has 0 radical (unpaired) electrons. The average Bonchev–Trinajstić information content (AvgIpc) is 2.23. The lowest BCUT2D eigenvalue weighted by molar-refractivity contribution is 0.298. The first kappa shape index (κ1) is 16.2. The van der Waals surface area contributed by atoms with Crippen molar-refractivity contribution in [1.29, 1.82) is 0 Å². The van der Waals surface area contributed by atoms with Crippen LogP contribution in [0.5, 0.6) is 0 Å². The van der Waals surface area contributed by atoms with Crippen LogP contribution < -0.4 is 5.32 Å². The van der Waals surface area contributed by atoms with Crippen LogP contribution >= 0.6 is 12.2 Å². The van der Waals surface area contributed by atoms with Gasteiger partial charge >= 0.3 is 0 Å². The number of thiocarbonyl (C=S) groups is 1. The van der Waals surface area contributed by atoms with E-state index in [2.05, 4.69) is 15.5 Å². The monoisotopic (exact) mass is 263 g/mol. The Labute approximate surface area is 108 Å². The lowest BCUT2D eigenvalue weighted by Crippen LogP contribution is -2.44. The summed E-state index contributed by atoms with van der Waals surface area (Å²) in [7, 11) is 1.48. The molecule has 0 aliphatic carbocycles. The first-order chi connectivity index (χ1) is 7.72. The summed E-state index contributed by atoms with van der Waals surface area (Å²) in [6, 6.07) is 0. The van der Waals surface area contributed by atoms with Gasteiger partial charge in [-0.1, -0.05) is 0 Å². The van der Waals surface area contributed by atoms with Gasteiger partial charge in [0.15, 0.2) is 5.66 Å². The van der Waals surface area contributed by atoms with E-state index in [9.17, 15) is 4.39 Å². The van der Waals surface area contributed by atoms with Crippen molar-refractivity contribution in [2.45, 2.75) is 51.7 Å². The van der Waals surface area contributed by atoms with Crippen LogP contribution in [0, 0.1) is 0 Å². The number of alkyl halides is 1. The van der Waals surface area contributed by atoms with Gasteiger partial charge in [0.2, 0.25) is 0 Å². The van der Waals surface area contributed by atoms with Gasteiger partial charge in [0, 0.05) is 0 Å². The smallest absolute Gasteiger partial charge is 0.258 e. The molecule has 0 aromatic carbocycles. The Kier molecular flexibility index (Phi) is 6.52. The Morgan fingerprint density at radius 1 is 1.29 bits per heavy atom. The first-order valence-electron chi connectivity index (χ1n) is 5.58. The highest BCUT2D eigenvalue weighted by Gasteiger charge is 2.25. The minimum Gasteiger partial charge on any atom is -0.474 e. The van der Waals surface area contributed by atoms with E-state index in [1.165, 1.54) is 7.11 Å². The number of hydrogen-bond acceptors (Lipinski definition) is 4. The molecule has 0 heterocycles. The standard InChI is InChI=1S/C11H22FN3OS/c1-10(2,3)14-15-11(4,7-6-8-12)13-9(17)16-5/h6-8H2,1-5H3,(H,13,17)/b15-14+. The van der Waals surface area contributed by atoms with Crippen LogP contribution in [-0.2, 0) is 4.74 Å². The normalized spacial score (nSPS) is 15.6. The topological polar surface area (TPSA) is 46.0 Å². The van der Waals surface area contributed by atoms with Gasteiger partial charge < -0.3 is 10.1 Å². The van der Waals surface area contributed by atoms with Crippen LogP contribution in [0.1, 0.15) is 40.5 Å². The summed E-state index contributed by atoms with van der Waals surface area (Å²) in [6.45, 7) is 7.27. The fourth-order valence-electron chi connectivity index (χ4n) is 1.08. The molecule has 0 aromatic heterocycles. The number of rotatable bonds is 5. The Bertz CT molecular complexity index is 278. The van der Waals surface area contributed by atoms with E-state index in [1.54, 1.807) is 0 Å². The third kappa shape index (κ3) is 8.01. The van der Waals surface area contributed by atoms with E-state index in [0.717, 1.165) is 0 Å². The molecule has 0 rings (SSSR count). The molecule has 0 saturated carbocycles. The van der Waals surface area contributed by atoms with Crippen LogP contribution in [0.3, 0.4) is 0 Å². The second-order valence-corrected chi connectivity index (χ2v) is 5.42. The van der Waals surface area contributed by atoms with Crippen molar-refractivity contribution >= 4 is 17.4 Å². The third-order valence-electron chi connectivity index (χ3n) is 1.92. The summed E-state index contributed by atoms with van der Waals surface area (Å²) in [5.41, 5.74) is -0.986. The number of azo groups is 1. The first-order valence-corrected chi connectivity index (χ1v) is 5.99. The molecule has 0 saturated heterocycles. The molecule has 6 heteroatoms. The third-order valence-corrected chi connectivity index (χ3v) is 2.19. The zero-order valence-corrected chi connectivity index (χ0v) is 12.0. The number of halogens is 1. The van der Waals surface area contributed by atoms with E-state index in [-0.39, 0.29) is 17.4 Å². The van der Waals surface area contributed by atoms with E-state index in [1.807, 2.05) is 27.7 Å². The molecule has 4 nitrogen and oxygen atoms in total. The lowest BCUT2D eigenvalue weighted by atomic mass is 10.1. The quantitative estimate of drug-likeness (QED) is 0.612. The number of nitrogens with zero attached hydrogens (tertiary/aromatic N) is 2. The molecule has 100 valence electrons. The highest BCUT2D eigenvalue weighted by atomic mass is 32.1. The van der Waals surface area contributed by atoms with Gasteiger partial charge in [-0.25, -0.2) is 0 Å². The Morgan fingerprint density at radius 2 is 1.88 bits per heavy atom. The SMILES string of the molecule is COC(=S)NC(C)(CCCF)/N=N/C(C)(C)C. The second-order valence-electron chi connectivity index (χ2n) is 5.05. The molecular formula is C11H22FN3OS. The summed E-state index contributed by atoms with van der Waals surface area (Å²) in [6.07, 6.45) is 0.908. The van der Waals surface area contributed by atoms with Crippen molar-refractivity contribution in [3.05, 3.63) is 0 Å². The Hall–Kier alpha value is -0.780. The van der Waals surface area contributed by atoms with Crippen molar-refractivity contribution in [3.8, 4) is 0 Å². The molecule has 0 aliphatic rings. The maximum Gasteiger partial charge on any atom is 0.258 e. The van der Waals surface area contributed by atoms with E-state index in [4.69, 9.17) is 17.0 Å². The number of nitrogens with one attached hydrogen (secondary N) is 1. The van der Waals surface area contributed by atoms with Gasteiger partial charge in [-0.15, -0.1) is 0 Å². The minimum atomic E-state index is -0.716. The highest BCUT2D eigenvalue weighted by molar-refractivity contribution is 7.80. The van der Waals surface area contributed by atoms with Gasteiger partial charge in [0.25, 0.3) is 5.17 Å². The Morgan fingerprint density at radius 3 is 2.29 bits per heavy atom. The summed E-state index contributed by atoms with van der Waals surface area (Å²) < 4.78 is 17.1. The molecule has 1 unspecified atom stereocenters. The van der Waals surface area contributed by atoms with Crippen molar-refractivity contribution in [2.24, 2.45) is 10.2 Å². The fraction of sp³-hybridized carbons (Fsp3) is 0.909. The lowest BCUT2D eigenvalue weighted by Gasteiger charge is -2.27. The van der Waals surface area contributed by atoms with E-state index >= 15 is 0 Å². The van der Waals surface area contributed by atoms with Crippen molar-refractivity contribution in [2.75, 3.05) is 13.8 Å². The summed E-state index contributed by atoms with van der Waals surface area (Å²) in [5, 5.41) is 11.6. The maximum absolute atomic E-state index is 12.3. The van der Waals surface area contributed by atoms with Crippen LogP contribution in [0.4, 0.5) is 4.39 Å². The molecule has 1 N–H and O–H groups in total. The number of hydrogen-bond donors (Lipinski definition) is 1. The van der Waals surface area contributed by atoms with Gasteiger partial charge in [-0.3, -0.25) is 4.39 Å². The summed E-state index contributed by atoms with van der Waals surface area (Å²) >= 11 is 4.93. The van der Waals surface area contributed by atoms with Gasteiger partial charge in [0.05, 0.1) is 19.3 Å². The second kappa shape index (κ2) is 6.83. The zero-order valence-electron chi connectivity index (χ0n) is 11.2. The highest BCUT2D eigenvalue weighted by Crippen LogP contribution is 2.18. The molecule has 0 aromatic rings. The van der Waals surface area contributed by atoms with E-state index in [0.29, 0.717) is 12.8 Å². The molecule has 0 spiro atoms. The molecule has 0 bridgehead atoms. The largest absolute Gasteiger partial charge is 0.474 e. The van der Waals surface area contributed by atoms with E-state index < -0.39 is 5.66 Å². The maximum atomic E-state index is 12.3. The predicted molar refractivity (Wildman–Crippen MR) is 71.0 cm³/mol. The van der Waals surface area contributed by atoms with Crippen molar-refractivity contribution < 1.29 is 9.13 Å². The van der Waals surface area contributed by atoms with Crippen LogP contribution in [-0.4, -0.2) is 30.2 Å². The molecular weight excluding hydrogens is 241 g/mol. The van der Waals surface area contributed by atoms with Crippen LogP contribution in [0.25, 0.3) is 0 Å². The molecule has 1 atom stereocenters. The van der Waals surface area contributed by atoms with Gasteiger partial charge in [-0.05, 0) is 52.8 Å². The average molecular weight is 263 g/mol. The predicted octanol–water partition coefficient (Wildman–Crippen LogP) is 3.22. The molecule has 0 amide bonds.